The van der Waals surface area contributed by atoms with Crippen LogP contribution in [0, 0.1) is 0 Å². The van der Waals surface area contributed by atoms with E-state index in [0.29, 0.717) is 0 Å². The molecule has 8 heavy (non-hydrogen) atoms. The average Bonchev–Trinajstić information content (AvgIpc) is 1.69. The Morgan fingerprint density at radius 3 is 2.25 bits per heavy atom. The van der Waals surface area contributed by atoms with Crippen molar-refractivity contribution in [3.63, 3.8) is 0 Å². The molecule has 0 saturated carbocycles. The minimum absolute atomic E-state index is 0.106. The number of ketones is 1. The highest BCUT2D eigenvalue weighted by atomic mass is 16.5. The zero-order valence-corrected chi connectivity index (χ0v) is 5.60. The summed E-state index contributed by atoms with van der Waals surface area (Å²) in [5, 5.41) is 0. The highest BCUT2D eigenvalue weighted by Gasteiger charge is 2.07. The first-order chi connectivity index (χ1) is 3.72. The lowest BCUT2D eigenvalue weighted by atomic mass is 10.2. The first kappa shape index (κ1) is 7.63. The standard InChI is InChI=1S/C6H12O2/c1-4-6(8-3)5(2)7/h6H,4H2,1-3H3/t6-/m1/s1. The van der Waals surface area contributed by atoms with Crippen LogP contribution in [-0.4, -0.2) is 19.0 Å². The molecule has 2 nitrogen and oxygen atoms in total. The molecule has 0 aliphatic rings. The number of ether oxygens (including phenoxy) is 1. The first-order valence-electron chi connectivity index (χ1n) is 2.75. The summed E-state index contributed by atoms with van der Waals surface area (Å²) in [5.41, 5.74) is 0. The van der Waals surface area contributed by atoms with Crippen LogP contribution in [0.2, 0.25) is 0 Å². The van der Waals surface area contributed by atoms with Crippen LogP contribution in [0.15, 0.2) is 0 Å². The smallest absolute Gasteiger partial charge is 0.158 e. The normalized spacial score (nSPS) is 13.4. The molecule has 2 heteroatoms. The first-order valence-corrected chi connectivity index (χ1v) is 2.75. The lowest BCUT2D eigenvalue weighted by Crippen LogP contribution is -2.18. The number of hydrogen-bond donors (Lipinski definition) is 0. The molecule has 0 bridgehead atoms. The average molecular weight is 116 g/mol. The van der Waals surface area contributed by atoms with E-state index in [0.717, 1.165) is 6.42 Å². The summed E-state index contributed by atoms with van der Waals surface area (Å²) in [7, 11) is 1.55. The molecule has 0 aliphatic carbocycles. The third kappa shape index (κ3) is 2.07. The maximum atomic E-state index is 10.5. The zero-order valence-electron chi connectivity index (χ0n) is 5.60. The van der Waals surface area contributed by atoms with E-state index in [4.69, 9.17) is 4.74 Å². The third-order valence-electron chi connectivity index (χ3n) is 1.11. The Hall–Kier alpha value is -0.370. The van der Waals surface area contributed by atoms with Gasteiger partial charge in [0.1, 0.15) is 6.10 Å². The Bertz CT molecular complexity index is 74.6. The van der Waals surface area contributed by atoms with Crippen molar-refractivity contribution in [2.75, 3.05) is 7.11 Å². The van der Waals surface area contributed by atoms with E-state index >= 15 is 0 Å². The van der Waals surface area contributed by atoms with E-state index in [9.17, 15) is 4.79 Å². The largest absolute Gasteiger partial charge is 0.374 e. The van der Waals surface area contributed by atoms with Gasteiger partial charge in [-0.3, -0.25) is 4.79 Å². The zero-order chi connectivity index (χ0) is 6.57. The lowest BCUT2D eigenvalue weighted by Gasteiger charge is -2.06. The van der Waals surface area contributed by atoms with E-state index in [-0.39, 0.29) is 11.9 Å². The van der Waals surface area contributed by atoms with Gasteiger partial charge in [0, 0.05) is 7.11 Å². The van der Waals surface area contributed by atoms with Crippen molar-refractivity contribution in [3.05, 3.63) is 0 Å². The fraction of sp³-hybridized carbons (Fsp3) is 0.833. The molecule has 0 aromatic rings. The molecule has 0 heterocycles. The number of methoxy groups -OCH3 is 1. The molecule has 0 saturated heterocycles. The summed E-state index contributed by atoms with van der Waals surface area (Å²) < 4.78 is 4.81. The number of Topliss-reactive ketones (excluding diaryl/α,β-unsaturated/α-hetero) is 1. The molecular formula is C6H12O2. The van der Waals surface area contributed by atoms with Gasteiger partial charge in [-0.15, -0.1) is 0 Å². The SMILES string of the molecule is CC[C@@H](OC)C(C)=O. The van der Waals surface area contributed by atoms with E-state index in [1.807, 2.05) is 6.92 Å². The maximum Gasteiger partial charge on any atom is 0.158 e. The van der Waals surface area contributed by atoms with Crippen LogP contribution in [0.3, 0.4) is 0 Å². The molecule has 0 rings (SSSR count). The van der Waals surface area contributed by atoms with Gasteiger partial charge in [0.15, 0.2) is 5.78 Å². The predicted molar refractivity (Wildman–Crippen MR) is 31.8 cm³/mol. The van der Waals surface area contributed by atoms with Crippen molar-refractivity contribution in [1.29, 1.82) is 0 Å². The van der Waals surface area contributed by atoms with Gasteiger partial charge in [0.25, 0.3) is 0 Å². The second-order valence-electron chi connectivity index (χ2n) is 1.74. The van der Waals surface area contributed by atoms with Crippen molar-refractivity contribution in [1.82, 2.24) is 0 Å². The van der Waals surface area contributed by atoms with Crippen LogP contribution in [0.5, 0.6) is 0 Å². The Morgan fingerprint density at radius 2 is 2.25 bits per heavy atom. The quantitative estimate of drug-likeness (QED) is 0.550. The second kappa shape index (κ2) is 3.61. The molecule has 0 unspecified atom stereocenters. The highest BCUT2D eigenvalue weighted by molar-refractivity contribution is 5.80. The topological polar surface area (TPSA) is 26.3 Å². The van der Waals surface area contributed by atoms with Crippen molar-refractivity contribution in [2.24, 2.45) is 0 Å². The van der Waals surface area contributed by atoms with E-state index in [2.05, 4.69) is 0 Å². The number of rotatable bonds is 3. The summed E-state index contributed by atoms with van der Waals surface area (Å²) in [6.45, 7) is 3.47. The van der Waals surface area contributed by atoms with Gasteiger partial charge in [-0.25, -0.2) is 0 Å². The van der Waals surface area contributed by atoms with E-state index in [1.165, 1.54) is 6.92 Å². The summed E-state index contributed by atoms with van der Waals surface area (Å²) >= 11 is 0. The number of carbonyl (C=O) groups is 1. The molecule has 0 radical (unpaired) electrons. The fourth-order valence-electron chi connectivity index (χ4n) is 0.620. The van der Waals surface area contributed by atoms with E-state index < -0.39 is 0 Å². The van der Waals surface area contributed by atoms with Gasteiger partial charge in [-0.05, 0) is 13.3 Å². The Balaban J connectivity index is 3.52. The highest BCUT2D eigenvalue weighted by Crippen LogP contribution is 1.95. The van der Waals surface area contributed by atoms with Crippen molar-refractivity contribution in [2.45, 2.75) is 26.4 Å². The summed E-state index contributed by atoms with van der Waals surface area (Å²) in [5.74, 6) is 0.106. The fourth-order valence-corrected chi connectivity index (χ4v) is 0.620. The summed E-state index contributed by atoms with van der Waals surface area (Å²) in [6.07, 6.45) is 0.584. The molecule has 48 valence electrons. The minimum Gasteiger partial charge on any atom is -0.374 e. The Labute approximate surface area is 49.8 Å². The van der Waals surface area contributed by atoms with Crippen molar-refractivity contribution < 1.29 is 9.53 Å². The molecule has 0 aromatic carbocycles. The monoisotopic (exact) mass is 116 g/mol. The van der Waals surface area contributed by atoms with Gasteiger partial charge in [0.05, 0.1) is 0 Å². The van der Waals surface area contributed by atoms with Crippen LogP contribution < -0.4 is 0 Å². The van der Waals surface area contributed by atoms with Crippen molar-refractivity contribution >= 4 is 5.78 Å². The van der Waals surface area contributed by atoms with Gasteiger partial charge in [-0.2, -0.15) is 0 Å². The minimum atomic E-state index is -0.185. The van der Waals surface area contributed by atoms with Gasteiger partial charge >= 0.3 is 0 Å². The summed E-state index contributed by atoms with van der Waals surface area (Å²) in [4.78, 5) is 10.5. The maximum absolute atomic E-state index is 10.5. The van der Waals surface area contributed by atoms with Crippen LogP contribution in [-0.2, 0) is 9.53 Å². The van der Waals surface area contributed by atoms with Crippen LogP contribution in [0.4, 0.5) is 0 Å². The molecule has 0 aliphatic heterocycles. The van der Waals surface area contributed by atoms with E-state index in [1.54, 1.807) is 7.11 Å². The van der Waals surface area contributed by atoms with Crippen molar-refractivity contribution in [3.8, 4) is 0 Å². The molecule has 0 amide bonds. The Morgan fingerprint density at radius 1 is 1.75 bits per heavy atom. The molecule has 0 N–H and O–H groups in total. The van der Waals surface area contributed by atoms with Crippen LogP contribution in [0.25, 0.3) is 0 Å². The third-order valence-corrected chi connectivity index (χ3v) is 1.11. The molecule has 0 aromatic heterocycles. The lowest BCUT2D eigenvalue weighted by molar-refractivity contribution is -0.126. The molecular weight excluding hydrogens is 104 g/mol. The predicted octanol–water partition coefficient (Wildman–Crippen LogP) is 1.00. The summed E-state index contributed by atoms with van der Waals surface area (Å²) in [6, 6.07) is 0. The molecule has 0 fully saturated rings. The van der Waals surface area contributed by atoms with Gasteiger partial charge in [-0.1, -0.05) is 6.92 Å². The second-order valence-corrected chi connectivity index (χ2v) is 1.74. The van der Waals surface area contributed by atoms with Crippen LogP contribution >= 0.6 is 0 Å². The number of carbonyl (C=O) groups excluding carboxylic acids is 1. The molecule has 0 spiro atoms. The Kier molecular flexibility index (Phi) is 3.44. The van der Waals surface area contributed by atoms with Gasteiger partial charge < -0.3 is 4.74 Å². The number of hydrogen-bond acceptors (Lipinski definition) is 2. The van der Waals surface area contributed by atoms with Crippen LogP contribution in [0.1, 0.15) is 20.3 Å². The van der Waals surface area contributed by atoms with Gasteiger partial charge in [0.2, 0.25) is 0 Å². The molecule has 1 atom stereocenters.